The number of halogens is 1. The standard InChI is InChI=1S/C18H22IN/c1-4-18(2,3)14-11-9-13(10-12-14)17(20)15-7-5-6-8-16(15)19/h5-12,17H,4,20H2,1-3H3. The van der Waals surface area contributed by atoms with Crippen molar-refractivity contribution < 1.29 is 0 Å². The number of hydrogen-bond acceptors (Lipinski definition) is 1. The number of hydrogen-bond donors (Lipinski definition) is 1. The summed E-state index contributed by atoms with van der Waals surface area (Å²) < 4.78 is 1.22. The zero-order valence-corrected chi connectivity index (χ0v) is 14.5. The summed E-state index contributed by atoms with van der Waals surface area (Å²) in [6.07, 6.45) is 1.13. The molecule has 0 bridgehead atoms. The molecular weight excluding hydrogens is 357 g/mol. The first kappa shape index (κ1) is 15.5. The van der Waals surface area contributed by atoms with Gasteiger partial charge in [-0.15, -0.1) is 0 Å². The second-order valence-electron chi connectivity index (χ2n) is 5.86. The zero-order valence-electron chi connectivity index (χ0n) is 12.4. The highest BCUT2D eigenvalue weighted by molar-refractivity contribution is 14.1. The molecule has 106 valence electrons. The summed E-state index contributed by atoms with van der Waals surface area (Å²) in [6, 6.07) is 17.0. The second-order valence-corrected chi connectivity index (χ2v) is 7.02. The lowest BCUT2D eigenvalue weighted by Crippen LogP contribution is -2.17. The van der Waals surface area contributed by atoms with Crippen LogP contribution in [-0.2, 0) is 5.41 Å². The smallest absolute Gasteiger partial charge is 0.0562 e. The van der Waals surface area contributed by atoms with E-state index in [0.717, 1.165) is 6.42 Å². The highest BCUT2D eigenvalue weighted by Crippen LogP contribution is 2.29. The van der Waals surface area contributed by atoms with Crippen molar-refractivity contribution >= 4 is 22.6 Å². The molecule has 0 aliphatic rings. The molecule has 0 saturated heterocycles. The van der Waals surface area contributed by atoms with Gasteiger partial charge < -0.3 is 5.73 Å². The molecule has 0 amide bonds. The average Bonchev–Trinajstić information content (AvgIpc) is 2.47. The van der Waals surface area contributed by atoms with Crippen LogP contribution in [0.5, 0.6) is 0 Å². The Labute approximate surface area is 135 Å². The summed E-state index contributed by atoms with van der Waals surface area (Å²) in [7, 11) is 0. The fourth-order valence-corrected chi connectivity index (χ4v) is 2.98. The van der Waals surface area contributed by atoms with Crippen LogP contribution in [0.2, 0.25) is 0 Å². The molecular formula is C18H22IN. The van der Waals surface area contributed by atoms with Gasteiger partial charge in [0.15, 0.2) is 0 Å². The van der Waals surface area contributed by atoms with Crippen molar-refractivity contribution in [2.24, 2.45) is 5.73 Å². The average molecular weight is 379 g/mol. The lowest BCUT2D eigenvalue weighted by molar-refractivity contribution is 0.506. The summed E-state index contributed by atoms with van der Waals surface area (Å²) in [4.78, 5) is 0. The van der Waals surface area contributed by atoms with Crippen LogP contribution < -0.4 is 5.73 Å². The van der Waals surface area contributed by atoms with Crippen LogP contribution in [0.15, 0.2) is 48.5 Å². The van der Waals surface area contributed by atoms with E-state index in [9.17, 15) is 0 Å². The molecule has 0 radical (unpaired) electrons. The molecule has 1 atom stereocenters. The predicted octanol–water partition coefficient (Wildman–Crippen LogP) is 5.03. The van der Waals surface area contributed by atoms with E-state index in [-0.39, 0.29) is 11.5 Å². The molecule has 0 spiro atoms. The van der Waals surface area contributed by atoms with Gasteiger partial charge in [-0.25, -0.2) is 0 Å². The van der Waals surface area contributed by atoms with E-state index >= 15 is 0 Å². The predicted molar refractivity (Wildman–Crippen MR) is 94.9 cm³/mol. The lowest BCUT2D eigenvalue weighted by Gasteiger charge is -2.24. The fourth-order valence-electron chi connectivity index (χ4n) is 2.25. The Morgan fingerprint density at radius 3 is 2.20 bits per heavy atom. The van der Waals surface area contributed by atoms with Crippen molar-refractivity contribution in [3.05, 3.63) is 68.8 Å². The molecule has 0 heterocycles. The van der Waals surface area contributed by atoms with Crippen LogP contribution >= 0.6 is 22.6 Å². The van der Waals surface area contributed by atoms with Gasteiger partial charge in [0.1, 0.15) is 0 Å². The molecule has 2 aromatic carbocycles. The molecule has 2 rings (SSSR count). The minimum Gasteiger partial charge on any atom is -0.320 e. The third kappa shape index (κ3) is 3.23. The molecule has 1 nitrogen and oxygen atoms in total. The van der Waals surface area contributed by atoms with Gasteiger partial charge in [0.2, 0.25) is 0 Å². The molecule has 0 aromatic heterocycles. The highest BCUT2D eigenvalue weighted by atomic mass is 127. The van der Waals surface area contributed by atoms with Gasteiger partial charge in [-0.05, 0) is 57.2 Å². The minimum atomic E-state index is -0.0538. The molecule has 2 heteroatoms. The Bertz CT molecular complexity index is 572. The Hall–Kier alpha value is -0.870. The summed E-state index contributed by atoms with van der Waals surface area (Å²) in [5, 5.41) is 0. The first-order chi connectivity index (χ1) is 9.45. The molecule has 20 heavy (non-hydrogen) atoms. The fraction of sp³-hybridized carbons (Fsp3) is 0.333. The SMILES string of the molecule is CCC(C)(C)c1ccc(C(N)c2ccccc2I)cc1. The van der Waals surface area contributed by atoms with Gasteiger partial charge in [0, 0.05) is 3.57 Å². The van der Waals surface area contributed by atoms with Gasteiger partial charge in [-0.2, -0.15) is 0 Å². The third-order valence-electron chi connectivity index (χ3n) is 4.18. The van der Waals surface area contributed by atoms with Crippen molar-refractivity contribution in [1.29, 1.82) is 0 Å². The van der Waals surface area contributed by atoms with Crippen LogP contribution in [0.3, 0.4) is 0 Å². The summed E-state index contributed by atoms with van der Waals surface area (Å²) in [5.41, 5.74) is 10.4. The van der Waals surface area contributed by atoms with E-state index < -0.39 is 0 Å². The number of rotatable bonds is 4. The summed E-state index contributed by atoms with van der Waals surface area (Å²) in [6.45, 7) is 6.79. The van der Waals surface area contributed by atoms with E-state index in [4.69, 9.17) is 5.73 Å². The Morgan fingerprint density at radius 2 is 1.65 bits per heavy atom. The second kappa shape index (κ2) is 6.27. The topological polar surface area (TPSA) is 26.0 Å². The van der Waals surface area contributed by atoms with E-state index in [0.29, 0.717) is 0 Å². The maximum atomic E-state index is 6.40. The van der Waals surface area contributed by atoms with Crippen molar-refractivity contribution in [2.75, 3.05) is 0 Å². The molecule has 0 fully saturated rings. The van der Waals surface area contributed by atoms with E-state index in [1.54, 1.807) is 0 Å². The van der Waals surface area contributed by atoms with Crippen molar-refractivity contribution in [1.82, 2.24) is 0 Å². The Morgan fingerprint density at radius 1 is 1.05 bits per heavy atom. The van der Waals surface area contributed by atoms with Crippen LogP contribution in [0, 0.1) is 3.57 Å². The summed E-state index contributed by atoms with van der Waals surface area (Å²) >= 11 is 2.35. The molecule has 0 aliphatic carbocycles. The Balaban J connectivity index is 2.29. The molecule has 0 saturated carbocycles. The van der Waals surface area contributed by atoms with Gasteiger partial charge in [-0.1, -0.05) is 63.2 Å². The first-order valence-electron chi connectivity index (χ1n) is 7.06. The van der Waals surface area contributed by atoms with Crippen molar-refractivity contribution in [2.45, 2.75) is 38.6 Å². The van der Waals surface area contributed by atoms with Crippen LogP contribution in [0.4, 0.5) is 0 Å². The number of nitrogens with two attached hydrogens (primary N) is 1. The molecule has 1 unspecified atom stereocenters. The quantitative estimate of drug-likeness (QED) is 0.742. The maximum Gasteiger partial charge on any atom is 0.0562 e. The van der Waals surface area contributed by atoms with Crippen LogP contribution in [0.1, 0.15) is 49.9 Å². The van der Waals surface area contributed by atoms with Gasteiger partial charge in [-0.3, -0.25) is 0 Å². The van der Waals surface area contributed by atoms with Crippen LogP contribution in [0.25, 0.3) is 0 Å². The Kier molecular flexibility index (Phi) is 4.86. The first-order valence-corrected chi connectivity index (χ1v) is 8.14. The zero-order chi connectivity index (χ0) is 14.8. The lowest BCUT2D eigenvalue weighted by atomic mass is 9.81. The molecule has 2 N–H and O–H groups in total. The van der Waals surface area contributed by atoms with Crippen molar-refractivity contribution in [3.63, 3.8) is 0 Å². The minimum absolute atomic E-state index is 0.0538. The largest absolute Gasteiger partial charge is 0.320 e. The monoisotopic (exact) mass is 379 g/mol. The number of benzene rings is 2. The normalized spacial score (nSPS) is 13.2. The molecule has 0 aliphatic heterocycles. The molecule has 2 aromatic rings. The van der Waals surface area contributed by atoms with Gasteiger partial charge in [0.25, 0.3) is 0 Å². The van der Waals surface area contributed by atoms with Gasteiger partial charge >= 0.3 is 0 Å². The van der Waals surface area contributed by atoms with E-state index in [1.807, 2.05) is 12.1 Å². The van der Waals surface area contributed by atoms with E-state index in [1.165, 1.54) is 20.3 Å². The highest BCUT2D eigenvalue weighted by Gasteiger charge is 2.18. The van der Waals surface area contributed by atoms with Crippen LogP contribution in [-0.4, -0.2) is 0 Å². The van der Waals surface area contributed by atoms with E-state index in [2.05, 4.69) is 79.8 Å². The van der Waals surface area contributed by atoms with Gasteiger partial charge in [0.05, 0.1) is 6.04 Å². The summed E-state index contributed by atoms with van der Waals surface area (Å²) in [5.74, 6) is 0. The third-order valence-corrected chi connectivity index (χ3v) is 5.16. The maximum absolute atomic E-state index is 6.40. The van der Waals surface area contributed by atoms with Crippen molar-refractivity contribution in [3.8, 4) is 0 Å².